The third-order valence-corrected chi connectivity index (χ3v) is 2.21. The van der Waals surface area contributed by atoms with Gasteiger partial charge in [-0.2, -0.15) is 5.10 Å². The molecule has 0 spiro atoms. The average Bonchev–Trinajstić information content (AvgIpc) is 2.82. The highest BCUT2D eigenvalue weighted by Crippen LogP contribution is 2.24. The summed E-state index contributed by atoms with van der Waals surface area (Å²) in [6.07, 6.45) is 2.92. The van der Waals surface area contributed by atoms with Crippen LogP contribution in [0.2, 0.25) is 0 Å². The van der Waals surface area contributed by atoms with Crippen LogP contribution in [0.3, 0.4) is 0 Å². The van der Waals surface area contributed by atoms with Gasteiger partial charge < -0.3 is 5.73 Å². The molecule has 0 unspecified atom stereocenters. The second-order valence-electron chi connectivity index (χ2n) is 3.19. The lowest BCUT2D eigenvalue weighted by Gasteiger charge is -2.09. The highest BCUT2D eigenvalue weighted by atomic mass is 19.1. The van der Waals surface area contributed by atoms with E-state index in [-0.39, 0.29) is 16.9 Å². The van der Waals surface area contributed by atoms with Crippen LogP contribution in [0.5, 0.6) is 0 Å². The number of nitrogens with two attached hydrogens (primary N) is 1. The van der Waals surface area contributed by atoms with Crippen molar-refractivity contribution in [2.45, 2.75) is 20.8 Å². The Bertz CT molecular complexity index is 493. The van der Waals surface area contributed by atoms with Gasteiger partial charge in [0, 0.05) is 23.6 Å². The van der Waals surface area contributed by atoms with Crippen LogP contribution in [0.1, 0.15) is 19.4 Å². The van der Waals surface area contributed by atoms with Crippen LogP contribution in [-0.4, -0.2) is 9.78 Å². The molecule has 0 aliphatic carbocycles. The van der Waals surface area contributed by atoms with Gasteiger partial charge >= 0.3 is 0 Å². The van der Waals surface area contributed by atoms with Gasteiger partial charge in [-0.3, -0.25) is 0 Å². The standard InChI is InChI=1S/C10H9F2N3.C2H6/c1-6-8(13)5-7(11)10(9(6)12)15-4-2-3-14-15;1-2/h2-5H,13H2,1H3;1-2H3. The Morgan fingerprint density at radius 2 is 1.94 bits per heavy atom. The van der Waals surface area contributed by atoms with E-state index in [1.165, 1.54) is 19.3 Å². The van der Waals surface area contributed by atoms with Crippen molar-refractivity contribution < 1.29 is 8.78 Å². The molecule has 0 saturated carbocycles. The summed E-state index contributed by atoms with van der Waals surface area (Å²) in [6.45, 7) is 5.50. The van der Waals surface area contributed by atoms with Crippen LogP contribution in [0, 0.1) is 18.6 Å². The monoisotopic (exact) mass is 239 g/mol. The average molecular weight is 239 g/mol. The van der Waals surface area contributed by atoms with Gasteiger partial charge in [-0.1, -0.05) is 13.8 Å². The van der Waals surface area contributed by atoms with Gasteiger partial charge in [0.2, 0.25) is 0 Å². The molecule has 92 valence electrons. The molecule has 0 saturated heterocycles. The van der Waals surface area contributed by atoms with E-state index in [1.54, 1.807) is 6.07 Å². The Balaban J connectivity index is 0.000000686. The molecule has 0 radical (unpaired) electrons. The van der Waals surface area contributed by atoms with Crippen molar-refractivity contribution in [2.24, 2.45) is 0 Å². The highest BCUT2D eigenvalue weighted by Gasteiger charge is 2.16. The lowest BCUT2D eigenvalue weighted by Crippen LogP contribution is -2.06. The third-order valence-electron chi connectivity index (χ3n) is 2.21. The quantitative estimate of drug-likeness (QED) is 0.777. The molecular formula is C12H15F2N3. The summed E-state index contributed by atoms with van der Waals surface area (Å²) in [6, 6.07) is 2.68. The van der Waals surface area contributed by atoms with Gasteiger partial charge in [-0.15, -0.1) is 0 Å². The Morgan fingerprint density at radius 1 is 1.29 bits per heavy atom. The second-order valence-corrected chi connectivity index (χ2v) is 3.19. The molecule has 0 bridgehead atoms. The van der Waals surface area contributed by atoms with Crippen molar-refractivity contribution in [1.29, 1.82) is 0 Å². The van der Waals surface area contributed by atoms with Crippen molar-refractivity contribution >= 4 is 5.69 Å². The summed E-state index contributed by atoms with van der Waals surface area (Å²) in [4.78, 5) is 0. The summed E-state index contributed by atoms with van der Waals surface area (Å²) in [5.74, 6) is -1.41. The molecule has 5 heteroatoms. The van der Waals surface area contributed by atoms with E-state index >= 15 is 0 Å². The number of anilines is 1. The number of rotatable bonds is 1. The smallest absolute Gasteiger partial charge is 0.156 e. The summed E-state index contributed by atoms with van der Waals surface area (Å²) in [5, 5.41) is 3.77. The zero-order valence-electron chi connectivity index (χ0n) is 10.0. The predicted molar refractivity (Wildman–Crippen MR) is 64.0 cm³/mol. The zero-order chi connectivity index (χ0) is 13.0. The van der Waals surface area contributed by atoms with Gasteiger partial charge in [0.15, 0.2) is 11.6 Å². The van der Waals surface area contributed by atoms with Crippen molar-refractivity contribution in [3.8, 4) is 5.69 Å². The molecule has 1 aromatic heterocycles. The lowest BCUT2D eigenvalue weighted by atomic mass is 10.1. The van der Waals surface area contributed by atoms with Gasteiger partial charge in [-0.25, -0.2) is 13.5 Å². The van der Waals surface area contributed by atoms with E-state index in [0.717, 1.165) is 10.7 Å². The molecule has 0 atom stereocenters. The van der Waals surface area contributed by atoms with Gasteiger partial charge in [0.1, 0.15) is 5.69 Å². The molecule has 1 aromatic carbocycles. The van der Waals surface area contributed by atoms with Crippen LogP contribution in [0.25, 0.3) is 5.69 Å². The Kier molecular flexibility index (Phi) is 4.20. The summed E-state index contributed by atoms with van der Waals surface area (Å²) in [5.41, 5.74) is 5.55. The van der Waals surface area contributed by atoms with Crippen LogP contribution >= 0.6 is 0 Å². The van der Waals surface area contributed by atoms with Gasteiger partial charge in [-0.05, 0) is 19.1 Å². The van der Waals surface area contributed by atoms with Gasteiger partial charge in [0.05, 0.1) is 0 Å². The lowest BCUT2D eigenvalue weighted by molar-refractivity contribution is 0.556. The fourth-order valence-electron chi connectivity index (χ4n) is 1.33. The summed E-state index contributed by atoms with van der Waals surface area (Å²) in [7, 11) is 0. The maximum atomic E-state index is 13.7. The first kappa shape index (κ1) is 13.2. The number of halogens is 2. The SMILES string of the molecule is CC.Cc1c(N)cc(F)c(-n2cccn2)c1F. The fraction of sp³-hybridized carbons (Fsp3) is 0.250. The number of benzene rings is 1. The first-order valence-electron chi connectivity index (χ1n) is 5.35. The number of hydrogen-bond donors (Lipinski definition) is 1. The molecule has 2 rings (SSSR count). The van der Waals surface area contributed by atoms with Crippen LogP contribution in [0.4, 0.5) is 14.5 Å². The largest absolute Gasteiger partial charge is 0.398 e. The number of aromatic nitrogens is 2. The minimum atomic E-state index is -0.723. The van der Waals surface area contributed by atoms with Crippen molar-refractivity contribution in [2.75, 3.05) is 5.73 Å². The molecule has 0 fully saturated rings. The molecule has 3 nitrogen and oxygen atoms in total. The van der Waals surface area contributed by atoms with Crippen LogP contribution < -0.4 is 5.73 Å². The zero-order valence-corrected chi connectivity index (χ0v) is 10.0. The van der Waals surface area contributed by atoms with E-state index < -0.39 is 11.6 Å². The number of nitrogen functional groups attached to an aromatic ring is 1. The van der Waals surface area contributed by atoms with Crippen molar-refractivity contribution in [3.05, 3.63) is 41.7 Å². The van der Waals surface area contributed by atoms with Gasteiger partial charge in [0.25, 0.3) is 0 Å². The summed E-state index contributed by atoms with van der Waals surface area (Å²) >= 11 is 0. The maximum Gasteiger partial charge on any atom is 0.156 e. The predicted octanol–water partition coefficient (Wildman–Crippen LogP) is 3.07. The molecular weight excluding hydrogens is 224 g/mol. The molecule has 2 N–H and O–H groups in total. The Morgan fingerprint density at radius 3 is 2.47 bits per heavy atom. The van der Waals surface area contributed by atoms with E-state index in [2.05, 4.69) is 5.10 Å². The second kappa shape index (κ2) is 5.43. The topological polar surface area (TPSA) is 43.8 Å². The molecule has 1 heterocycles. The highest BCUT2D eigenvalue weighted by molar-refractivity contribution is 5.53. The normalized spacial score (nSPS) is 9.71. The molecule has 0 aliphatic rings. The minimum absolute atomic E-state index is 0.0981. The fourth-order valence-corrected chi connectivity index (χ4v) is 1.33. The van der Waals surface area contributed by atoms with Crippen molar-refractivity contribution in [1.82, 2.24) is 9.78 Å². The number of nitrogens with zero attached hydrogens (tertiary/aromatic N) is 2. The molecule has 17 heavy (non-hydrogen) atoms. The van der Waals surface area contributed by atoms with Crippen LogP contribution in [0.15, 0.2) is 24.5 Å². The third kappa shape index (κ3) is 2.43. The Labute approximate surface area is 98.9 Å². The first-order valence-corrected chi connectivity index (χ1v) is 5.35. The van der Waals surface area contributed by atoms with E-state index in [0.29, 0.717) is 0 Å². The minimum Gasteiger partial charge on any atom is -0.398 e. The Hall–Kier alpha value is -1.91. The van der Waals surface area contributed by atoms with E-state index in [9.17, 15) is 8.78 Å². The summed E-state index contributed by atoms with van der Waals surface area (Å²) < 4.78 is 28.3. The van der Waals surface area contributed by atoms with Crippen LogP contribution in [-0.2, 0) is 0 Å². The maximum absolute atomic E-state index is 13.7. The van der Waals surface area contributed by atoms with E-state index in [1.807, 2.05) is 13.8 Å². The van der Waals surface area contributed by atoms with Crippen molar-refractivity contribution in [3.63, 3.8) is 0 Å². The molecule has 0 amide bonds. The first-order chi connectivity index (χ1) is 8.11. The van der Waals surface area contributed by atoms with E-state index in [4.69, 9.17) is 5.73 Å². The molecule has 2 aromatic rings. The molecule has 0 aliphatic heterocycles. The number of hydrogen-bond acceptors (Lipinski definition) is 2.